The molecule has 0 aliphatic heterocycles. The minimum absolute atomic E-state index is 0.174. The maximum absolute atomic E-state index is 9.60. The molecule has 6 nitrogen and oxygen atoms in total. The number of nitrogens with two attached hydrogens (primary N) is 1. The first kappa shape index (κ1) is 14.3. The fourth-order valence-corrected chi connectivity index (χ4v) is 2.97. The third-order valence-corrected chi connectivity index (χ3v) is 4.40. The summed E-state index contributed by atoms with van der Waals surface area (Å²) in [6, 6.07) is 0.337. The van der Waals surface area contributed by atoms with Gasteiger partial charge in [-0.3, -0.25) is 0 Å². The smallest absolute Gasteiger partial charge is 0.225 e. The number of aliphatic hydroxyl groups is 1. The summed E-state index contributed by atoms with van der Waals surface area (Å²) in [7, 11) is 1.97. The molecule has 1 saturated carbocycles. The van der Waals surface area contributed by atoms with Crippen LogP contribution in [0.5, 0.6) is 0 Å². The van der Waals surface area contributed by atoms with Crippen molar-refractivity contribution in [3.8, 4) is 0 Å². The van der Waals surface area contributed by atoms with Gasteiger partial charge in [-0.15, -0.1) is 0 Å². The number of aromatic nitrogens is 3. The summed E-state index contributed by atoms with van der Waals surface area (Å²) in [6.45, 7) is 0. The van der Waals surface area contributed by atoms with E-state index < -0.39 is 0 Å². The van der Waals surface area contributed by atoms with Gasteiger partial charge in [-0.1, -0.05) is 11.6 Å². The van der Waals surface area contributed by atoms with Gasteiger partial charge in [0.15, 0.2) is 0 Å². The topological polar surface area (TPSA) is 88.2 Å². The second-order valence-electron chi connectivity index (χ2n) is 5.50. The fourth-order valence-electron chi connectivity index (χ4n) is 2.78. The molecule has 3 N–H and O–H groups in total. The SMILES string of the molecule is CN(c1ncc2c(N)ncc(Cl)c2n1)C1CCC(O)CC1. The van der Waals surface area contributed by atoms with Crippen molar-refractivity contribution in [3.63, 3.8) is 0 Å². The second kappa shape index (κ2) is 5.61. The molecule has 2 aromatic rings. The fraction of sp³-hybridized carbons (Fsp3) is 0.500. The summed E-state index contributed by atoms with van der Waals surface area (Å²) in [5.74, 6) is 1.00. The lowest BCUT2D eigenvalue weighted by molar-refractivity contribution is 0.122. The van der Waals surface area contributed by atoms with E-state index in [0.29, 0.717) is 33.7 Å². The van der Waals surface area contributed by atoms with Gasteiger partial charge in [0.1, 0.15) is 5.82 Å². The molecule has 3 rings (SSSR count). The van der Waals surface area contributed by atoms with E-state index in [1.807, 2.05) is 7.05 Å². The van der Waals surface area contributed by atoms with E-state index in [1.165, 1.54) is 6.20 Å². The third-order valence-electron chi connectivity index (χ3n) is 4.12. The molecule has 0 saturated heterocycles. The molecule has 21 heavy (non-hydrogen) atoms. The van der Waals surface area contributed by atoms with E-state index in [9.17, 15) is 5.11 Å². The van der Waals surface area contributed by atoms with Gasteiger partial charge in [-0.05, 0) is 25.7 Å². The highest BCUT2D eigenvalue weighted by Gasteiger charge is 2.24. The van der Waals surface area contributed by atoms with Gasteiger partial charge >= 0.3 is 0 Å². The van der Waals surface area contributed by atoms with Crippen molar-refractivity contribution in [2.75, 3.05) is 17.7 Å². The first-order valence-corrected chi connectivity index (χ1v) is 7.41. The number of hydrogen-bond donors (Lipinski definition) is 2. The Bertz CT molecular complexity index is 657. The normalized spacial score (nSPS) is 22.4. The predicted molar refractivity (Wildman–Crippen MR) is 83.4 cm³/mol. The Morgan fingerprint density at radius 2 is 1.95 bits per heavy atom. The van der Waals surface area contributed by atoms with Crippen molar-refractivity contribution in [2.24, 2.45) is 0 Å². The summed E-state index contributed by atoms with van der Waals surface area (Å²) >= 11 is 6.15. The van der Waals surface area contributed by atoms with Crippen LogP contribution in [0.4, 0.5) is 11.8 Å². The van der Waals surface area contributed by atoms with E-state index >= 15 is 0 Å². The average Bonchev–Trinajstić information content (AvgIpc) is 2.51. The van der Waals surface area contributed by atoms with Crippen molar-refractivity contribution in [3.05, 3.63) is 17.4 Å². The zero-order valence-electron chi connectivity index (χ0n) is 11.8. The minimum Gasteiger partial charge on any atom is -0.393 e. The van der Waals surface area contributed by atoms with Crippen molar-refractivity contribution in [2.45, 2.75) is 37.8 Å². The number of hydrogen-bond acceptors (Lipinski definition) is 6. The Labute approximate surface area is 128 Å². The second-order valence-corrected chi connectivity index (χ2v) is 5.90. The number of anilines is 2. The van der Waals surface area contributed by atoms with Crippen molar-refractivity contribution >= 4 is 34.3 Å². The highest BCUT2D eigenvalue weighted by molar-refractivity contribution is 6.35. The van der Waals surface area contributed by atoms with Crippen LogP contribution in [0.1, 0.15) is 25.7 Å². The first-order valence-electron chi connectivity index (χ1n) is 7.04. The quantitative estimate of drug-likeness (QED) is 0.882. The number of nitrogen functional groups attached to an aromatic ring is 1. The van der Waals surface area contributed by atoms with Crippen LogP contribution in [0.3, 0.4) is 0 Å². The number of halogens is 1. The van der Waals surface area contributed by atoms with E-state index in [-0.39, 0.29) is 6.10 Å². The Kier molecular flexibility index (Phi) is 3.82. The van der Waals surface area contributed by atoms with Crippen molar-refractivity contribution in [1.29, 1.82) is 0 Å². The van der Waals surface area contributed by atoms with Gasteiger partial charge in [0.05, 0.1) is 28.2 Å². The minimum atomic E-state index is -0.174. The van der Waals surface area contributed by atoms with E-state index in [0.717, 1.165) is 25.7 Å². The molecule has 7 heteroatoms. The molecular weight excluding hydrogens is 290 g/mol. The van der Waals surface area contributed by atoms with Crippen LogP contribution in [-0.2, 0) is 0 Å². The van der Waals surface area contributed by atoms with Crippen molar-refractivity contribution in [1.82, 2.24) is 15.0 Å². The Morgan fingerprint density at radius 3 is 2.67 bits per heavy atom. The van der Waals surface area contributed by atoms with Crippen LogP contribution >= 0.6 is 11.6 Å². The molecule has 0 bridgehead atoms. The maximum atomic E-state index is 9.60. The van der Waals surface area contributed by atoms with Gasteiger partial charge in [-0.25, -0.2) is 15.0 Å². The predicted octanol–water partition coefficient (Wildman–Crippen LogP) is 2.00. The molecule has 0 unspecified atom stereocenters. The molecule has 0 aromatic carbocycles. The lowest BCUT2D eigenvalue weighted by atomic mass is 9.92. The molecule has 0 amide bonds. The number of rotatable bonds is 2. The molecule has 0 radical (unpaired) electrons. The molecule has 1 fully saturated rings. The van der Waals surface area contributed by atoms with Crippen LogP contribution in [0.2, 0.25) is 5.02 Å². The van der Waals surface area contributed by atoms with Crippen LogP contribution in [0.25, 0.3) is 10.9 Å². The number of nitrogens with zero attached hydrogens (tertiary/aromatic N) is 4. The highest BCUT2D eigenvalue weighted by Crippen LogP contribution is 2.28. The van der Waals surface area contributed by atoms with Gasteiger partial charge in [-0.2, -0.15) is 0 Å². The summed E-state index contributed by atoms with van der Waals surface area (Å²) in [5, 5.41) is 10.7. The molecule has 2 aromatic heterocycles. The molecular formula is C14H18ClN5O. The standard InChI is InChI=1S/C14H18ClN5O/c1-20(8-2-4-9(21)5-3-8)14-18-6-10-12(19-14)11(15)7-17-13(10)16/h6-9,21H,2-5H2,1H3,(H2,16,17). The summed E-state index contributed by atoms with van der Waals surface area (Å²) < 4.78 is 0. The lowest BCUT2D eigenvalue weighted by Gasteiger charge is -2.33. The van der Waals surface area contributed by atoms with Gasteiger partial charge < -0.3 is 15.7 Å². The average molecular weight is 308 g/mol. The van der Waals surface area contributed by atoms with Gasteiger partial charge in [0, 0.05) is 19.3 Å². The first-order chi connectivity index (χ1) is 10.1. The Morgan fingerprint density at radius 1 is 1.24 bits per heavy atom. The van der Waals surface area contributed by atoms with E-state index in [4.69, 9.17) is 17.3 Å². The monoisotopic (exact) mass is 307 g/mol. The van der Waals surface area contributed by atoms with Crippen molar-refractivity contribution < 1.29 is 5.11 Å². The maximum Gasteiger partial charge on any atom is 0.225 e. The number of pyridine rings is 1. The zero-order valence-corrected chi connectivity index (χ0v) is 12.6. The van der Waals surface area contributed by atoms with Crippen LogP contribution in [-0.4, -0.2) is 39.3 Å². The molecule has 112 valence electrons. The highest BCUT2D eigenvalue weighted by atomic mass is 35.5. The Hall–Kier alpha value is -1.66. The summed E-state index contributed by atoms with van der Waals surface area (Å²) in [4.78, 5) is 15.0. The Balaban J connectivity index is 1.92. The van der Waals surface area contributed by atoms with Gasteiger partial charge in [0.2, 0.25) is 5.95 Å². The van der Waals surface area contributed by atoms with Gasteiger partial charge in [0.25, 0.3) is 0 Å². The van der Waals surface area contributed by atoms with Crippen LogP contribution in [0.15, 0.2) is 12.4 Å². The molecule has 2 heterocycles. The molecule has 1 aliphatic carbocycles. The number of fused-ring (bicyclic) bond motifs is 1. The zero-order chi connectivity index (χ0) is 15.0. The molecule has 0 atom stereocenters. The van der Waals surface area contributed by atoms with E-state index in [2.05, 4.69) is 19.9 Å². The lowest BCUT2D eigenvalue weighted by Crippen LogP contribution is -2.37. The van der Waals surface area contributed by atoms with Crippen LogP contribution in [0, 0.1) is 0 Å². The third kappa shape index (κ3) is 2.73. The van der Waals surface area contributed by atoms with E-state index in [1.54, 1.807) is 6.20 Å². The summed E-state index contributed by atoms with van der Waals surface area (Å²) in [5.41, 5.74) is 6.44. The molecule has 1 aliphatic rings. The molecule has 0 spiro atoms. The van der Waals surface area contributed by atoms with Crippen LogP contribution < -0.4 is 10.6 Å². The largest absolute Gasteiger partial charge is 0.393 e. The number of aliphatic hydroxyl groups excluding tert-OH is 1. The summed E-state index contributed by atoms with van der Waals surface area (Å²) in [6.07, 6.45) is 6.51.